The maximum Gasteiger partial charge on any atom is 0.330 e. The second-order valence-electron chi connectivity index (χ2n) is 1.70. The van der Waals surface area contributed by atoms with Gasteiger partial charge in [-0.2, -0.15) is 9.90 Å². The highest BCUT2D eigenvalue weighted by atomic mass is 31.0. The van der Waals surface area contributed by atoms with E-state index >= 15 is 0 Å². The molecule has 0 aliphatic heterocycles. The van der Waals surface area contributed by atoms with Crippen molar-refractivity contribution in [1.82, 2.24) is 0 Å². The molecule has 0 aromatic carbocycles. The Morgan fingerprint density at radius 1 is 1.60 bits per heavy atom. The van der Waals surface area contributed by atoms with E-state index in [0.717, 1.165) is 0 Å². The second kappa shape index (κ2) is 6.72. The van der Waals surface area contributed by atoms with Gasteiger partial charge in [-0.05, 0) is 13.3 Å². The Hall–Kier alpha value is -0.400. The van der Waals surface area contributed by atoms with Crippen LogP contribution in [0.5, 0.6) is 0 Å². The molecule has 0 fully saturated rings. The van der Waals surface area contributed by atoms with Crippen LogP contribution in [0, 0.1) is 0 Å². The van der Waals surface area contributed by atoms with Gasteiger partial charge in [-0.1, -0.05) is 6.08 Å². The molecule has 2 N–H and O–H groups in total. The molecule has 0 rings (SSSR count). The first-order valence-electron chi connectivity index (χ1n) is 2.69. The summed E-state index contributed by atoms with van der Waals surface area (Å²) < 4.78 is 0. The summed E-state index contributed by atoms with van der Waals surface area (Å²) in [5.41, 5.74) is 0.282. The van der Waals surface area contributed by atoms with Crippen LogP contribution in [0.1, 0.15) is 13.3 Å². The van der Waals surface area contributed by atoms with E-state index in [1.807, 2.05) is 0 Å². The molecular weight excluding hydrogens is 151 g/mol. The number of rotatable bonds is 3. The summed E-state index contributed by atoms with van der Waals surface area (Å²) in [4.78, 5) is 10.1. The van der Waals surface area contributed by atoms with Crippen LogP contribution in [0.25, 0.3) is 0 Å². The zero-order valence-corrected chi connectivity index (χ0v) is 7.42. The van der Waals surface area contributed by atoms with Crippen molar-refractivity contribution >= 4 is 15.9 Å². The van der Waals surface area contributed by atoms with Gasteiger partial charge in [-0.3, -0.25) is 0 Å². The topological polar surface area (TPSA) is 57.5 Å². The lowest BCUT2D eigenvalue weighted by Crippen LogP contribution is -1.95. The summed E-state index contributed by atoms with van der Waals surface area (Å²) >= 11 is 0. The minimum atomic E-state index is -0.927. The predicted molar refractivity (Wildman–Crippen MR) is 44.2 cm³/mol. The average molecular weight is 164 g/mol. The van der Waals surface area contributed by atoms with Crippen molar-refractivity contribution in [3.63, 3.8) is 0 Å². The molecule has 0 bridgehead atoms. The van der Waals surface area contributed by atoms with Gasteiger partial charge in [0.15, 0.2) is 0 Å². The normalized spacial score (nSPS) is 10.4. The van der Waals surface area contributed by atoms with Gasteiger partial charge in [0.25, 0.3) is 0 Å². The van der Waals surface area contributed by atoms with Crippen LogP contribution >= 0.6 is 9.90 Å². The van der Waals surface area contributed by atoms with Gasteiger partial charge in [0.05, 0.1) is 0 Å². The van der Waals surface area contributed by atoms with Crippen LogP contribution in [0.15, 0.2) is 11.6 Å². The Morgan fingerprint density at radius 3 is 2.40 bits per heavy atom. The van der Waals surface area contributed by atoms with E-state index in [1.165, 1.54) is 13.0 Å². The lowest BCUT2D eigenvalue weighted by molar-refractivity contribution is -0.132. The predicted octanol–water partition coefficient (Wildman–Crippen LogP) is 0.458. The fourth-order valence-corrected chi connectivity index (χ4v) is 0.368. The van der Waals surface area contributed by atoms with Crippen molar-refractivity contribution in [1.29, 1.82) is 0 Å². The third kappa shape index (κ3) is 5.73. The molecular formula is C6H13O3P. The Balaban J connectivity index is 0. The summed E-state index contributed by atoms with van der Waals surface area (Å²) in [5, 5.41) is 16.5. The van der Waals surface area contributed by atoms with E-state index < -0.39 is 5.97 Å². The van der Waals surface area contributed by atoms with Crippen molar-refractivity contribution in [2.45, 2.75) is 13.3 Å². The van der Waals surface area contributed by atoms with E-state index in [2.05, 4.69) is 0 Å². The van der Waals surface area contributed by atoms with Crippen molar-refractivity contribution in [3.05, 3.63) is 11.6 Å². The highest BCUT2D eigenvalue weighted by Crippen LogP contribution is 1.93. The number of carbonyl (C=O) groups is 1. The maximum atomic E-state index is 10.1. The first-order chi connectivity index (χ1) is 4.18. The fourth-order valence-electron chi connectivity index (χ4n) is 0.368. The third-order valence-electron chi connectivity index (χ3n) is 0.917. The molecule has 0 heterocycles. The second-order valence-corrected chi connectivity index (χ2v) is 1.70. The molecule has 10 heavy (non-hydrogen) atoms. The molecule has 0 aliphatic carbocycles. The van der Waals surface area contributed by atoms with E-state index in [4.69, 9.17) is 10.2 Å². The lowest BCUT2D eigenvalue weighted by atomic mass is 10.2. The van der Waals surface area contributed by atoms with Crippen LogP contribution < -0.4 is 0 Å². The average Bonchev–Trinajstić information content (AvgIpc) is 1.82. The van der Waals surface area contributed by atoms with Gasteiger partial charge in [0, 0.05) is 12.2 Å². The van der Waals surface area contributed by atoms with Crippen LogP contribution in [-0.2, 0) is 4.79 Å². The van der Waals surface area contributed by atoms with Crippen molar-refractivity contribution < 1.29 is 15.0 Å². The fraction of sp³-hybridized carbons (Fsp3) is 0.500. The Labute approximate surface area is 63.4 Å². The number of hydrogen-bond acceptors (Lipinski definition) is 2. The molecule has 0 aromatic rings. The number of hydrogen-bond donors (Lipinski definition) is 2. The zero-order valence-electron chi connectivity index (χ0n) is 6.00. The lowest BCUT2D eigenvalue weighted by Gasteiger charge is -1.89. The van der Waals surface area contributed by atoms with Crippen LogP contribution in [0.4, 0.5) is 0 Å². The number of aliphatic hydroxyl groups is 1. The van der Waals surface area contributed by atoms with Crippen molar-refractivity contribution in [3.8, 4) is 0 Å². The van der Waals surface area contributed by atoms with E-state index in [-0.39, 0.29) is 22.1 Å². The zero-order chi connectivity index (χ0) is 7.28. The van der Waals surface area contributed by atoms with Crippen LogP contribution in [-0.4, -0.2) is 22.8 Å². The minimum absolute atomic E-state index is 0. The summed E-state index contributed by atoms with van der Waals surface area (Å²) in [6.45, 7) is 1.50. The molecule has 0 amide bonds. The molecule has 1 unspecified atom stereocenters. The van der Waals surface area contributed by atoms with Gasteiger partial charge in [0.2, 0.25) is 0 Å². The molecule has 0 spiro atoms. The Bertz CT molecular complexity index is 131. The minimum Gasteiger partial charge on any atom is -0.478 e. The number of aliphatic carboxylic acids is 1. The van der Waals surface area contributed by atoms with Gasteiger partial charge in [-0.25, -0.2) is 4.79 Å². The SMILES string of the molecule is CC(=CCCO)C(=O)O.P. The molecule has 0 aromatic heterocycles. The third-order valence-corrected chi connectivity index (χ3v) is 0.917. The van der Waals surface area contributed by atoms with Gasteiger partial charge in [-0.15, -0.1) is 0 Å². The summed E-state index contributed by atoms with van der Waals surface area (Å²) in [6, 6.07) is 0. The summed E-state index contributed by atoms with van der Waals surface area (Å²) in [5.74, 6) is -0.927. The molecule has 3 nitrogen and oxygen atoms in total. The van der Waals surface area contributed by atoms with Crippen LogP contribution in [0.3, 0.4) is 0 Å². The molecule has 60 valence electrons. The van der Waals surface area contributed by atoms with E-state index in [0.29, 0.717) is 6.42 Å². The molecule has 0 saturated heterocycles. The number of carboxylic acids is 1. The number of aliphatic hydroxyl groups excluding tert-OH is 1. The molecule has 0 radical (unpaired) electrons. The standard InChI is InChI=1S/C6H10O3.H3P/c1-5(6(8)9)3-2-4-7;/h3,7H,2,4H2,1H3,(H,8,9);1H3. The quantitative estimate of drug-likeness (QED) is 0.470. The Morgan fingerprint density at radius 2 is 2.10 bits per heavy atom. The smallest absolute Gasteiger partial charge is 0.330 e. The highest BCUT2D eigenvalue weighted by Gasteiger charge is 1.96. The largest absolute Gasteiger partial charge is 0.478 e. The van der Waals surface area contributed by atoms with Gasteiger partial charge >= 0.3 is 5.97 Å². The molecule has 0 aliphatic rings. The van der Waals surface area contributed by atoms with E-state index in [9.17, 15) is 4.79 Å². The van der Waals surface area contributed by atoms with E-state index in [1.54, 1.807) is 0 Å². The molecule has 4 heteroatoms. The van der Waals surface area contributed by atoms with Gasteiger partial charge in [0.1, 0.15) is 0 Å². The van der Waals surface area contributed by atoms with Crippen molar-refractivity contribution in [2.75, 3.05) is 6.61 Å². The molecule has 0 saturated carbocycles. The van der Waals surface area contributed by atoms with Gasteiger partial charge < -0.3 is 10.2 Å². The summed E-state index contributed by atoms with van der Waals surface area (Å²) in [6.07, 6.45) is 1.90. The Kier molecular flexibility index (Phi) is 8.26. The van der Waals surface area contributed by atoms with Crippen LogP contribution in [0.2, 0.25) is 0 Å². The first-order valence-corrected chi connectivity index (χ1v) is 2.69. The monoisotopic (exact) mass is 164 g/mol. The first kappa shape index (κ1) is 12.3. The maximum absolute atomic E-state index is 10.1. The summed E-state index contributed by atoms with van der Waals surface area (Å²) in [7, 11) is 0. The number of carboxylic acid groups (broad SMARTS) is 1. The molecule has 1 atom stereocenters. The van der Waals surface area contributed by atoms with Crippen molar-refractivity contribution in [2.24, 2.45) is 0 Å². The highest BCUT2D eigenvalue weighted by molar-refractivity contribution is 6.92.